The molecule has 3 aromatic heterocycles. The molecule has 0 saturated heterocycles. The summed E-state index contributed by atoms with van der Waals surface area (Å²) in [4.78, 5) is 17.3. The predicted octanol–water partition coefficient (Wildman–Crippen LogP) is 3.35. The third-order valence-electron chi connectivity index (χ3n) is 5.03. The number of ether oxygens (including phenoxy) is 1. The minimum absolute atomic E-state index is 0.0159. The molecule has 0 amide bonds. The van der Waals surface area contributed by atoms with Crippen LogP contribution in [0.3, 0.4) is 0 Å². The largest absolute Gasteiger partial charge is 0.464 e. The Morgan fingerprint density at radius 3 is 2.69 bits per heavy atom. The van der Waals surface area contributed by atoms with Crippen LogP contribution in [0.15, 0.2) is 78.0 Å². The molecule has 160 valence electrons. The van der Waals surface area contributed by atoms with E-state index in [1.807, 2.05) is 30.5 Å². The fourth-order valence-corrected chi connectivity index (χ4v) is 3.48. The lowest BCUT2D eigenvalue weighted by atomic mass is 10.2. The molecule has 0 aliphatic heterocycles. The highest BCUT2D eigenvalue weighted by Crippen LogP contribution is 2.20. The van der Waals surface area contributed by atoms with E-state index in [-0.39, 0.29) is 18.4 Å². The zero-order chi connectivity index (χ0) is 22.1. The maximum atomic E-state index is 14.2. The number of aromatic nitrogens is 6. The Morgan fingerprint density at radius 1 is 1.03 bits per heavy atom. The molecule has 2 aromatic carbocycles. The van der Waals surface area contributed by atoms with Crippen LogP contribution < -0.4 is 10.4 Å². The first kappa shape index (κ1) is 19.7. The van der Waals surface area contributed by atoms with Crippen molar-refractivity contribution in [3.05, 3.63) is 95.1 Å². The van der Waals surface area contributed by atoms with Gasteiger partial charge in [0.05, 0.1) is 36.2 Å². The Balaban J connectivity index is 1.57. The monoisotopic (exact) mass is 430 g/mol. The molecule has 0 unspecified atom stereocenters. The Morgan fingerprint density at radius 2 is 1.91 bits per heavy atom. The topological polar surface area (TPSA) is 79.8 Å². The lowest BCUT2D eigenvalue weighted by Gasteiger charge is -2.06. The Bertz CT molecular complexity index is 1450. The molecule has 5 aromatic rings. The zero-order valence-electron chi connectivity index (χ0n) is 17.2. The minimum atomic E-state index is -0.421. The fourth-order valence-electron chi connectivity index (χ4n) is 3.48. The molecule has 0 radical (unpaired) electrons. The molecule has 0 bridgehead atoms. The van der Waals surface area contributed by atoms with Crippen molar-refractivity contribution in [3.8, 4) is 17.4 Å². The first-order valence-corrected chi connectivity index (χ1v) is 10.1. The summed E-state index contributed by atoms with van der Waals surface area (Å²) in [6.45, 7) is 2.14. The maximum Gasteiger partial charge on any atom is 0.353 e. The van der Waals surface area contributed by atoms with Gasteiger partial charge in [-0.3, -0.25) is 4.98 Å². The summed E-state index contributed by atoms with van der Waals surface area (Å²) < 4.78 is 24.1. The van der Waals surface area contributed by atoms with Crippen LogP contribution in [0.1, 0.15) is 12.5 Å². The average Bonchev–Trinajstić information content (AvgIpc) is 3.37. The highest BCUT2D eigenvalue weighted by molar-refractivity contribution is 5.80. The minimum Gasteiger partial charge on any atom is -0.464 e. The third-order valence-corrected chi connectivity index (χ3v) is 5.03. The van der Waals surface area contributed by atoms with E-state index < -0.39 is 5.69 Å². The second-order valence-corrected chi connectivity index (χ2v) is 7.12. The van der Waals surface area contributed by atoms with Crippen LogP contribution in [-0.2, 0) is 6.54 Å². The quantitative estimate of drug-likeness (QED) is 0.413. The molecule has 5 rings (SSSR count). The molecule has 0 saturated carbocycles. The van der Waals surface area contributed by atoms with Crippen molar-refractivity contribution < 1.29 is 9.13 Å². The number of pyridine rings is 1. The van der Waals surface area contributed by atoms with Gasteiger partial charge in [-0.05, 0) is 43.3 Å². The van der Waals surface area contributed by atoms with E-state index in [9.17, 15) is 9.18 Å². The molecule has 0 aliphatic carbocycles. The van der Waals surface area contributed by atoms with Crippen molar-refractivity contribution in [2.75, 3.05) is 6.61 Å². The molecule has 3 heterocycles. The second kappa shape index (κ2) is 8.10. The number of hydrogen-bond acceptors (Lipinski definition) is 5. The van der Waals surface area contributed by atoms with E-state index in [2.05, 4.69) is 15.2 Å². The van der Waals surface area contributed by atoms with Gasteiger partial charge in [-0.25, -0.2) is 18.4 Å². The lowest BCUT2D eigenvalue weighted by Crippen LogP contribution is -2.25. The van der Waals surface area contributed by atoms with E-state index in [1.54, 1.807) is 48.3 Å². The van der Waals surface area contributed by atoms with Gasteiger partial charge in [-0.15, -0.1) is 5.10 Å². The molecule has 0 fully saturated rings. The van der Waals surface area contributed by atoms with E-state index in [4.69, 9.17) is 4.74 Å². The van der Waals surface area contributed by atoms with Gasteiger partial charge in [-0.1, -0.05) is 18.2 Å². The number of halogens is 1. The lowest BCUT2D eigenvalue weighted by molar-refractivity contribution is 0.296. The van der Waals surface area contributed by atoms with Gasteiger partial charge in [0.2, 0.25) is 0 Å². The summed E-state index contributed by atoms with van der Waals surface area (Å²) in [6, 6.07) is 15.6. The molecule has 0 atom stereocenters. The van der Waals surface area contributed by atoms with Crippen LogP contribution in [0.4, 0.5) is 4.39 Å². The molecular weight excluding hydrogens is 411 g/mol. The molecule has 8 nitrogen and oxygen atoms in total. The smallest absolute Gasteiger partial charge is 0.353 e. The van der Waals surface area contributed by atoms with Crippen molar-refractivity contribution in [1.29, 1.82) is 0 Å². The molecule has 0 spiro atoms. The summed E-state index contributed by atoms with van der Waals surface area (Å²) in [5.74, 6) is -0.390. The van der Waals surface area contributed by atoms with Crippen LogP contribution >= 0.6 is 0 Å². The first-order chi connectivity index (χ1) is 15.6. The molecular formula is C23H19FN6O2. The summed E-state index contributed by atoms with van der Waals surface area (Å²) >= 11 is 0. The third kappa shape index (κ3) is 3.53. The van der Waals surface area contributed by atoms with Gasteiger partial charge in [0.15, 0.2) is 0 Å². The van der Waals surface area contributed by atoms with E-state index in [0.717, 1.165) is 16.6 Å². The fraction of sp³-hybridized carbons (Fsp3) is 0.130. The average molecular weight is 430 g/mol. The van der Waals surface area contributed by atoms with Crippen molar-refractivity contribution in [1.82, 2.24) is 29.1 Å². The Kier molecular flexibility index (Phi) is 4.98. The maximum absolute atomic E-state index is 14.2. The van der Waals surface area contributed by atoms with Gasteiger partial charge in [0, 0.05) is 23.3 Å². The molecule has 32 heavy (non-hydrogen) atoms. The van der Waals surface area contributed by atoms with Crippen molar-refractivity contribution in [3.63, 3.8) is 0 Å². The zero-order valence-corrected chi connectivity index (χ0v) is 17.2. The SMILES string of the molecule is CCOc1nn(-c2ccc3nn(-c4cccnc4)cc3c2)c(=O)n1Cc1ccccc1F. The van der Waals surface area contributed by atoms with Gasteiger partial charge < -0.3 is 4.74 Å². The predicted molar refractivity (Wildman–Crippen MR) is 117 cm³/mol. The van der Waals surface area contributed by atoms with E-state index in [1.165, 1.54) is 15.3 Å². The van der Waals surface area contributed by atoms with Crippen LogP contribution in [0.2, 0.25) is 0 Å². The van der Waals surface area contributed by atoms with E-state index in [0.29, 0.717) is 17.9 Å². The number of hydrogen-bond donors (Lipinski definition) is 0. The highest BCUT2D eigenvalue weighted by Gasteiger charge is 2.18. The van der Waals surface area contributed by atoms with Crippen LogP contribution in [-0.4, -0.2) is 35.7 Å². The summed E-state index contributed by atoms with van der Waals surface area (Å²) in [7, 11) is 0. The van der Waals surface area contributed by atoms with E-state index >= 15 is 0 Å². The van der Waals surface area contributed by atoms with Gasteiger partial charge in [0.25, 0.3) is 0 Å². The molecule has 0 N–H and O–H groups in total. The summed E-state index contributed by atoms with van der Waals surface area (Å²) in [5, 5.41) is 9.74. The van der Waals surface area contributed by atoms with Crippen LogP contribution in [0.25, 0.3) is 22.3 Å². The number of fused-ring (bicyclic) bond motifs is 1. The Labute approximate surface area is 182 Å². The Hall–Kier alpha value is -4.27. The molecule has 9 heteroatoms. The van der Waals surface area contributed by atoms with Crippen molar-refractivity contribution in [2.45, 2.75) is 13.5 Å². The highest BCUT2D eigenvalue weighted by atomic mass is 19.1. The first-order valence-electron chi connectivity index (χ1n) is 10.1. The van der Waals surface area contributed by atoms with Crippen molar-refractivity contribution in [2.24, 2.45) is 0 Å². The summed E-state index contributed by atoms with van der Waals surface area (Å²) in [6.07, 6.45) is 5.28. The van der Waals surface area contributed by atoms with Gasteiger partial charge in [0.1, 0.15) is 5.82 Å². The van der Waals surface area contributed by atoms with Crippen LogP contribution in [0, 0.1) is 5.82 Å². The van der Waals surface area contributed by atoms with Crippen molar-refractivity contribution >= 4 is 10.9 Å². The van der Waals surface area contributed by atoms with Gasteiger partial charge in [-0.2, -0.15) is 9.78 Å². The summed E-state index contributed by atoms with van der Waals surface area (Å²) in [5.41, 5.74) is 2.11. The normalized spacial score (nSPS) is 11.2. The van der Waals surface area contributed by atoms with Crippen LogP contribution in [0.5, 0.6) is 6.01 Å². The number of rotatable bonds is 6. The van der Waals surface area contributed by atoms with Gasteiger partial charge >= 0.3 is 11.7 Å². The molecule has 0 aliphatic rings. The standard InChI is InChI=1S/C23H19FN6O2/c1-2-32-22-27-30(23(31)28(22)14-16-6-3-4-8-20(16)24)18-9-10-21-17(12-18)15-29(26-21)19-7-5-11-25-13-19/h3-13,15H,2,14H2,1H3. The second-order valence-electron chi connectivity index (χ2n) is 7.12. The number of benzene rings is 2. The number of nitrogens with zero attached hydrogens (tertiary/aromatic N) is 6.